The highest BCUT2D eigenvalue weighted by Gasteiger charge is 2.56. The topological polar surface area (TPSA) is 3.24 Å². The van der Waals surface area contributed by atoms with Gasteiger partial charge in [-0.25, -0.2) is 0 Å². The van der Waals surface area contributed by atoms with Crippen LogP contribution in [0.2, 0.25) is 0 Å². The monoisotopic (exact) mass is 765 g/mol. The predicted molar refractivity (Wildman–Crippen MR) is 221 cm³/mol. The van der Waals surface area contributed by atoms with Crippen LogP contribution < -0.4 is 4.90 Å². The van der Waals surface area contributed by atoms with E-state index in [9.17, 15) is 0 Å². The Hall–Kier alpha value is -5.19. The number of hydrogen-bond acceptors (Lipinski definition) is 1. The van der Waals surface area contributed by atoms with Crippen molar-refractivity contribution in [2.45, 2.75) is 21.7 Å². The van der Waals surface area contributed by atoms with Gasteiger partial charge in [0.2, 0.25) is 0 Å². The summed E-state index contributed by atoms with van der Waals surface area (Å²) in [7, 11) is 0. The van der Waals surface area contributed by atoms with Gasteiger partial charge < -0.3 is 4.90 Å². The third-order valence-corrected chi connectivity index (χ3v) is 13.0. The molecule has 4 aliphatic carbocycles. The van der Waals surface area contributed by atoms with E-state index in [4.69, 9.17) is 0 Å². The molecule has 2 heteroatoms. The Morgan fingerprint density at radius 1 is 0.529 bits per heavy atom. The van der Waals surface area contributed by atoms with Gasteiger partial charge in [-0.2, -0.15) is 0 Å². The van der Waals surface area contributed by atoms with E-state index in [1.807, 2.05) is 0 Å². The number of alkyl halides is 1. The first-order valence-electron chi connectivity index (χ1n) is 17.9. The van der Waals surface area contributed by atoms with Gasteiger partial charge in [-0.3, -0.25) is 0 Å². The Balaban J connectivity index is 1.12. The van der Waals surface area contributed by atoms with Crippen LogP contribution in [0, 0.1) is 5.92 Å². The molecule has 0 aliphatic heterocycles. The maximum atomic E-state index is 2.61. The fourth-order valence-electron chi connectivity index (χ4n) is 9.33. The van der Waals surface area contributed by atoms with E-state index >= 15 is 0 Å². The lowest BCUT2D eigenvalue weighted by molar-refractivity contribution is 0.483. The van der Waals surface area contributed by atoms with Crippen molar-refractivity contribution in [3.8, 4) is 22.3 Å². The summed E-state index contributed by atoms with van der Waals surface area (Å²) >= 11 is 2.61. The van der Waals surface area contributed by atoms with Gasteiger partial charge in [0.05, 0.1) is 8.84 Å². The molecule has 4 aliphatic rings. The van der Waals surface area contributed by atoms with Crippen molar-refractivity contribution in [1.82, 2.24) is 0 Å². The molecule has 51 heavy (non-hydrogen) atoms. The number of fused-ring (bicyclic) bond motifs is 10. The van der Waals surface area contributed by atoms with E-state index in [0.29, 0.717) is 0 Å². The minimum atomic E-state index is -0.254. The molecule has 0 heterocycles. The van der Waals surface area contributed by atoms with Gasteiger partial charge in [0.25, 0.3) is 0 Å². The first kappa shape index (κ1) is 30.6. The summed E-state index contributed by atoms with van der Waals surface area (Å²) in [5.74, 6) is 0.252. The zero-order valence-corrected chi connectivity index (χ0v) is 30.4. The smallest absolute Gasteiger partial charge is 0.0687 e. The summed E-state index contributed by atoms with van der Waals surface area (Å²) in [5, 5.41) is 0. The zero-order chi connectivity index (χ0) is 34.0. The van der Waals surface area contributed by atoms with E-state index in [2.05, 4.69) is 216 Å². The van der Waals surface area contributed by atoms with Crippen LogP contribution in [0.1, 0.15) is 40.7 Å². The maximum absolute atomic E-state index is 2.61. The SMILES string of the molecule is IC1(c2ccc(N(C3=CC=C4c5ccccc5C5(c6ccccc6-c6ccccc65)C4C3)c3ccc(-c4ccccc4)cc3)cc2)C=CC=CC1. The molecular formula is C49H36IN. The highest BCUT2D eigenvalue weighted by molar-refractivity contribution is 14.1. The van der Waals surface area contributed by atoms with Gasteiger partial charge in [-0.05, 0) is 98.8 Å². The second-order valence-corrected chi connectivity index (χ2v) is 16.1. The van der Waals surface area contributed by atoms with Crippen molar-refractivity contribution in [3.63, 3.8) is 0 Å². The standard InChI is InChI=1S/C49H36IN/c50-48(31-11-2-12-32-48)36-23-27-38(28-24-36)51(37-25-21-35(22-26-37)34-13-3-1-4-14-34)39-29-30-43-42-17-7-10-20-46(42)49(47(43)33-39)44-18-8-5-15-40(44)41-16-6-9-19-45(41)49/h1-31,47H,32-33H2. The van der Waals surface area contributed by atoms with Crippen molar-refractivity contribution in [2.24, 2.45) is 5.92 Å². The van der Waals surface area contributed by atoms with Crippen LogP contribution in [0.4, 0.5) is 11.4 Å². The Morgan fingerprint density at radius 3 is 1.71 bits per heavy atom. The summed E-state index contributed by atoms with van der Waals surface area (Å²) in [4.78, 5) is 2.51. The Kier molecular flexibility index (Phi) is 7.18. The van der Waals surface area contributed by atoms with E-state index in [-0.39, 0.29) is 14.8 Å². The summed E-state index contributed by atoms with van der Waals surface area (Å²) in [6.45, 7) is 0. The molecule has 0 N–H and O–H groups in total. The minimum absolute atomic E-state index is 0.0276. The van der Waals surface area contributed by atoms with E-state index in [1.54, 1.807) is 0 Å². The largest absolute Gasteiger partial charge is 0.314 e. The number of halogens is 1. The van der Waals surface area contributed by atoms with E-state index in [1.165, 1.54) is 72.7 Å². The molecule has 6 aromatic carbocycles. The maximum Gasteiger partial charge on any atom is 0.0687 e. The van der Waals surface area contributed by atoms with Crippen LogP contribution in [0.3, 0.4) is 0 Å². The van der Waals surface area contributed by atoms with Crippen LogP contribution in [0.5, 0.6) is 0 Å². The van der Waals surface area contributed by atoms with Crippen LogP contribution >= 0.6 is 22.6 Å². The lowest BCUT2D eigenvalue weighted by atomic mass is 9.65. The Morgan fingerprint density at radius 2 is 1.08 bits per heavy atom. The number of nitrogens with zero attached hydrogens (tertiary/aromatic N) is 1. The molecule has 1 nitrogen and oxygen atoms in total. The molecule has 2 atom stereocenters. The van der Waals surface area contributed by atoms with Crippen LogP contribution in [-0.4, -0.2) is 0 Å². The van der Waals surface area contributed by atoms with Crippen molar-refractivity contribution in [3.05, 3.63) is 222 Å². The highest BCUT2D eigenvalue weighted by atomic mass is 127. The second-order valence-electron chi connectivity index (χ2n) is 14.1. The van der Waals surface area contributed by atoms with Gasteiger partial charge >= 0.3 is 0 Å². The molecule has 0 amide bonds. The molecule has 2 unspecified atom stereocenters. The first-order chi connectivity index (χ1) is 25.1. The van der Waals surface area contributed by atoms with Gasteiger partial charge in [0.15, 0.2) is 0 Å². The van der Waals surface area contributed by atoms with E-state index in [0.717, 1.165) is 12.8 Å². The lowest BCUT2D eigenvalue weighted by Crippen LogP contribution is -2.34. The van der Waals surface area contributed by atoms with Crippen LogP contribution in [0.15, 0.2) is 194 Å². The Labute approximate surface area is 314 Å². The number of anilines is 2. The molecule has 6 aromatic rings. The molecule has 0 radical (unpaired) electrons. The van der Waals surface area contributed by atoms with Crippen LogP contribution in [0.25, 0.3) is 27.8 Å². The number of hydrogen-bond donors (Lipinski definition) is 0. The molecule has 10 rings (SSSR count). The summed E-state index contributed by atoms with van der Waals surface area (Å²) in [5.41, 5.74) is 17.0. The molecule has 0 saturated heterocycles. The van der Waals surface area contributed by atoms with Gasteiger partial charge in [0.1, 0.15) is 0 Å². The third-order valence-electron chi connectivity index (χ3n) is 11.6. The molecular weight excluding hydrogens is 729 g/mol. The fraction of sp³-hybridized carbons (Fsp3) is 0.102. The number of rotatable bonds is 5. The second kappa shape index (κ2) is 12.0. The fourth-order valence-corrected chi connectivity index (χ4v) is 10.2. The lowest BCUT2D eigenvalue weighted by Gasteiger charge is -2.39. The quantitative estimate of drug-likeness (QED) is 0.125. The first-order valence-corrected chi connectivity index (χ1v) is 19.0. The Bertz CT molecular complexity index is 2380. The normalized spacial score (nSPS) is 20.2. The molecule has 0 bridgehead atoms. The summed E-state index contributed by atoms with van der Waals surface area (Å²) in [6, 6.07) is 56.6. The molecule has 0 saturated carbocycles. The number of benzene rings is 6. The summed E-state index contributed by atoms with van der Waals surface area (Å²) in [6.07, 6.45) is 15.7. The molecule has 244 valence electrons. The van der Waals surface area contributed by atoms with Gasteiger partial charge in [-0.15, -0.1) is 0 Å². The summed E-state index contributed by atoms with van der Waals surface area (Å²) < 4.78 is -0.0276. The third kappa shape index (κ3) is 4.66. The van der Waals surface area contributed by atoms with E-state index < -0.39 is 0 Å². The minimum Gasteiger partial charge on any atom is -0.314 e. The molecule has 0 fully saturated rings. The average molecular weight is 766 g/mol. The van der Waals surface area contributed by atoms with Crippen molar-refractivity contribution in [2.75, 3.05) is 4.90 Å². The molecule has 1 spiro atoms. The van der Waals surface area contributed by atoms with Crippen molar-refractivity contribution in [1.29, 1.82) is 0 Å². The van der Waals surface area contributed by atoms with Crippen molar-refractivity contribution < 1.29 is 0 Å². The predicted octanol–water partition coefficient (Wildman–Crippen LogP) is 13.0. The van der Waals surface area contributed by atoms with Crippen molar-refractivity contribution >= 4 is 39.5 Å². The average Bonchev–Trinajstić information content (AvgIpc) is 3.66. The highest BCUT2D eigenvalue weighted by Crippen LogP contribution is 2.66. The van der Waals surface area contributed by atoms with Gasteiger partial charge in [0, 0.05) is 23.0 Å². The number of allylic oxidation sites excluding steroid dienone is 8. The van der Waals surface area contributed by atoms with Gasteiger partial charge in [-0.1, -0.05) is 180 Å². The molecule has 0 aromatic heterocycles. The zero-order valence-electron chi connectivity index (χ0n) is 28.2. The van der Waals surface area contributed by atoms with Crippen LogP contribution in [-0.2, 0) is 8.84 Å².